The summed E-state index contributed by atoms with van der Waals surface area (Å²) < 4.78 is 34.8. The van der Waals surface area contributed by atoms with Gasteiger partial charge in [0.25, 0.3) is 5.91 Å². The van der Waals surface area contributed by atoms with E-state index in [1.165, 1.54) is 24.8 Å². The highest BCUT2D eigenvalue weighted by Crippen LogP contribution is 2.39. The first-order valence-corrected chi connectivity index (χ1v) is 11.7. The van der Waals surface area contributed by atoms with Gasteiger partial charge >= 0.3 is 0 Å². The minimum Gasteiger partial charge on any atom is -0.374 e. The molecule has 3 aliphatic rings. The van der Waals surface area contributed by atoms with Gasteiger partial charge in [-0.1, -0.05) is 18.9 Å². The van der Waals surface area contributed by atoms with Crippen LogP contribution in [0.25, 0.3) is 11.4 Å². The van der Waals surface area contributed by atoms with Gasteiger partial charge in [0.2, 0.25) is 0 Å². The topological polar surface area (TPSA) is 102 Å². The van der Waals surface area contributed by atoms with E-state index in [2.05, 4.69) is 20.3 Å². The van der Waals surface area contributed by atoms with Crippen molar-refractivity contribution in [3.63, 3.8) is 0 Å². The highest BCUT2D eigenvalue weighted by molar-refractivity contribution is 5.94. The molecule has 1 saturated carbocycles. The zero-order valence-electron chi connectivity index (χ0n) is 18.7. The molecule has 0 radical (unpaired) electrons. The number of carbonyl (C=O) groups excluding carboxylic acids is 1. The van der Waals surface area contributed by atoms with Gasteiger partial charge in [-0.15, -0.1) is 0 Å². The summed E-state index contributed by atoms with van der Waals surface area (Å²) in [5, 5.41) is 2.89. The van der Waals surface area contributed by atoms with E-state index in [9.17, 15) is 13.6 Å². The Morgan fingerprint density at radius 1 is 1.12 bits per heavy atom. The number of hydrogen-bond donors (Lipinski definition) is 2. The van der Waals surface area contributed by atoms with Gasteiger partial charge in [-0.2, -0.15) is 0 Å². The number of halogens is 2. The second-order valence-electron chi connectivity index (χ2n) is 9.14. The van der Waals surface area contributed by atoms with E-state index < -0.39 is 17.5 Å². The molecule has 0 spiro atoms. The zero-order chi connectivity index (χ0) is 23.7. The Morgan fingerprint density at radius 2 is 1.91 bits per heavy atom. The van der Waals surface area contributed by atoms with Crippen LogP contribution >= 0.6 is 0 Å². The van der Waals surface area contributed by atoms with Gasteiger partial charge in [0, 0.05) is 42.2 Å². The average Bonchev–Trinajstić information content (AvgIpc) is 2.84. The van der Waals surface area contributed by atoms with Crippen LogP contribution in [0.3, 0.4) is 0 Å². The predicted octanol–water partition coefficient (Wildman–Crippen LogP) is 3.76. The average molecular weight is 468 g/mol. The fourth-order valence-corrected chi connectivity index (χ4v) is 5.29. The monoisotopic (exact) mass is 467 g/mol. The first-order valence-electron chi connectivity index (χ1n) is 11.7. The van der Waals surface area contributed by atoms with Crippen molar-refractivity contribution in [1.29, 1.82) is 0 Å². The van der Waals surface area contributed by atoms with E-state index in [0.29, 0.717) is 18.0 Å². The fourth-order valence-electron chi connectivity index (χ4n) is 5.29. The van der Waals surface area contributed by atoms with Crippen molar-refractivity contribution in [1.82, 2.24) is 15.3 Å². The van der Waals surface area contributed by atoms with E-state index in [-0.39, 0.29) is 41.2 Å². The first-order chi connectivity index (χ1) is 16.5. The molecule has 1 aromatic carbocycles. The molecule has 2 fully saturated rings. The molecule has 1 amide bonds. The molecule has 178 valence electrons. The van der Waals surface area contributed by atoms with Crippen LogP contribution in [0.15, 0.2) is 47.4 Å². The number of hydrogen-bond acceptors (Lipinski definition) is 6. The first kappa shape index (κ1) is 22.7. The molecule has 0 bridgehead atoms. The second-order valence-corrected chi connectivity index (χ2v) is 9.14. The molecule has 1 aliphatic carbocycles. The van der Waals surface area contributed by atoms with Gasteiger partial charge in [0.15, 0.2) is 5.82 Å². The van der Waals surface area contributed by atoms with Gasteiger partial charge in [-0.3, -0.25) is 9.79 Å². The number of amides is 1. The summed E-state index contributed by atoms with van der Waals surface area (Å²) in [6, 6.07) is 4.97. The van der Waals surface area contributed by atoms with Gasteiger partial charge in [-0.25, -0.2) is 18.7 Å². The lowest BCUT2D eigenvalue weighted by Crippen LogP contribution is -2.52. The van der Waals surface area contributed by atoms with Crippen molar-refractivity contribution in [2.45, 2.75) is 56.8 Å². The molecule has 3 heterocycles. The molecule has 3 N–H and O–H groups in total. The number of nitrogens with one attached hydrogen (secondary N) is 1. The maximum atomic E-state index is 14.2. The summed E-state index contributed by atoms with van der Waals surface area (Å²) in [5.74, 6) is -2.00. The largest absolute Gasteiger partial charge is 0.374 e. The van der Waals surface area contributed by atoms with Crippen LogP contribution in [-0.2, 0) is 4.74 Å². The van der Waals surface area contributed by atoms with Gasteiger partial charge in [-0.05, 0) is 43.9 Å². The number of fused-ring (bicyclic) bond motifs is 1. The quantitative estimate of drug-likeness (QED) is 0.713. The molecule has 9 heteroatoms. The van der Waals surface area contributed by atoms with Crippen LogP contribution in [-0.4, -0.2) is 40.3 Å². The van der Waals surface area contributed by atoms with E-state index in [4.69, 9.17) is 10.5 Å². The number of aromatic nitrogens is 2. The lowest BCUT2D eigenvalue weighted by atomic mass is 9.75. The molecule has 2 aromatic rings. The Hall–Kier alpha value is -3.04. The SMILES string of the molecule is N[C@@H]1C[C@H](C2CC=NC=C2NC(=O)c2ccnc(-c3c(F)cccc3F)n2)O[C@@H]2CCCC[C@H]12. The van der Waals surface area contributed by atoms with Crippen molar-refractivity contribution < 1.29 is 18.3 Å². The standard InChI is InChI=1S/C25H27F2N5O2/c26-16-5-3-6-17(27)23(16)24-30-11-9-19(31-24)25(33)32-20-13-29-10-8-15(20)22-12-18(28)14-4-1-2-7-21(14)34-22/h3,5-6,9-11,13-15,18,21-22H,1-2,4,7-8,12,28H2,(H,32,33)/t14-,15?,18-,21-,22-/m1/s1. The molecule has 5 rings (SSSR count). The normalized spacial score (nSPS) is 28.7. The number of rotatable bonds is 4. The number of benzene rings is 1. The maximum absolute atomic E-state index is 14.2. The lowest BCUT2D eigenvalue weighted by Gasteiger charge is -2.45. The molecular formula is C25H27F2N5O2. The summed E-state index contributed by atoms with van der Waals surface area (Å²) in [4.78, 5) is 25.3. The summed E-state index contributed by atoms with van der Waals surface area (Å²) in [7, 11) is 0. The number of ether oxygens (including phenoxy) is 1. The van der Waals surface area contributed by atoms with E-state index in [1.54, 1.807) is 6.20 Å². The fraction of sp³-hybridized carbons (Fsp3) is 0.440. The Morgan fingerprint density at radius 3 is 2.74 bits per heavy atom. The molecule has 7 nitrogen and oxygen atoms in total. The summed E-state index contributed by atoms with van der Waals surface area (Å²) in [5.41, 5.74) is 6.77. The van der Waals surface area contributed by atoms with Crippen LogP contribution in [0, 0.1) is 23.5 Å². The third kappa shape index (κ3) is 4.50. The highest BCUT2D eigenvalue weighted by atomic mass is 19.1. The highest BCUT2D eigenvalue weighted by Gasteiger charge is 2.42. The molecule has 1 aromatic heterocycles. The van der Waals surface area contributed by atoms with Gasteiger partial charge < -0.3 is 15.8 Å². The van der Waals surface area contributed by atoms with E-state index in [0.717, 1.165) is 37.8 Å². The molecule has 1 unspecified atom stereocenters. The van der Waals surface area contributed by atoms with Crippen LogP contribution in [0.5, 0.6) is 0 Å². The minimum atomic E-state index is -0.797. The Kier molecular flexibility index (Phi) is 6.47. The van der Waals surface area contributed by atoms with Crippen LogP contribution < -0.4 is 11.1 Å². The smallest absolute Gasteiger partial charge is 0.274 e. The third-order valence-corrected chi connectivity index (χ3v) is 7.02. The second kappa shape index (κ2) is 9.68. The predicted molar refractivity (Wildman–Crippen MR) is 123 cm³/mol. The van der Waals surface area contributed by atoms with Crippen molar-refractivity contribution in [2.24, 2.45) is 22.6 Å². The van der Waals surface area contributed by atoms with Crippen molar-refractivity contribution in [3.8, 4) is 11.4 Å². The van der Waals surface area contributed by atoms with Crippen molar-refractivity contribution in [3.05, 3.63) is 59.7 Å². The van der Waals surface area contributed by atoms with Gasteiger partial charge in [0.05, 0.1) is 17.8 Å². The molecule has 5 atom stereocenters. The van der Waals surface area contributed by atoms with E-state index >= 15 is 0 Å². The molecule has 2 aliphatic heterocycles. The van der Waals surface area contributed by atoms with Crippen molar-refractivity contribution >= 4 is 12.1 Å². The van der Waals surface area contributed by atoms with Gasteiger partial charge in [0.1, 0.15) is 17.3 Å². The Balaban J connectivity index is 1.34. The lowest BCUT2D eigenvalue weighted by molar-refractivity contribution is -0.122. The molecular weight excluding hydrogens is 440 g/mol. The number of nitrogens with zero attached hydrogens (tertiary/aromatic N) is 3. The minimum absolute atomic E-state index is 0.00420. The van der Waals surface area contributed by atoms with Crippen LogP contribution in [0.2, 0.25) is 0 Å². The molecule has 34 heavy (non-hydrogen) atoms. The third-order valence-electron chi connectivity index (χ3n) is 7.02. The Labute approximate surface area is 196 Å². The number of nitrogens with two attached hydrogens (primary N) is 1. The Bertz CT molecular complexity index is 1120. The number of aliphatic imine (C=N–C) groups is 1. The van der Waals surface area contributed by atoms with Crippen molar-refractivity contribution in [2.75, 3.05) is 0 Å². The summed E-state index contributed by atoms with van der Waals surface area (Å²) >= 11 is 0. The zero-order valence-corrected chi connectivity index (χ0v) is 18.7. The van der Waals surface area contributed by atoms with Crippen LogP contribution in [0.4, 0.5) is 8.78 Å². The van der Waals surface area contributed by atoms with Crippen LogP contribution in [0.1, 0.15) is 49.0 Å². The maximum Gasteiger partial charge on any atom is 0.274 e. The van der Waals surface area contributed by atoms with E-state index in [1.807, 2.05) is 6.21 Å². The number of carbonyl (C=O) groups is 1. The summed E-state index contributed by atoms with van der Waals surface area (Å²) in [6.07, 6.45) is 10.6. The molecule has 1 saturated heterocycles. The summed E-state index contributed by atoms with van der Waals surface area (Å²) in [6.45, 7) is 0.